The Morgan fingerprint density at radius 2 is 2.19 bits per heavy atom. The highest BCUT2D eigenvalue weighted by molar-refractivity contribution is 5.93. The molecule has 6 heteroatoms. The monoisotopic (exact) mass is 289 g/mol. The second-order valence-electron chi connectivity index (χ2n) is 5.96. The zero-order valence-corrected chi connectivity index (χ0v) is 12.1. The minimum Gasteiger partial charge on any atom is -0.478 e. The van der Waals surface area contributed by atoms with E-state index >= 15 is 0 Å². The van der Waals surface area contributed by atoms with Crippen LogP contribution in [0.5, 0.6) is 0 Å². The Labute approximate surface area is 123 Å². The minimum absolute atomic E-state index is 0.184. The van der Waals surface area contributed by atoms with Crippen molar-refractivity contribution in [2.75, 3.05) is 31.6 Å². The van der Waals surface area contributed by atoms with Gasteiger partial charge in [-0.1, -0.05) is 0 Å². The number of hydrogen-bond acceptors (Lipinski definition) is 4. The molecule has 0 bridgehead atoms. The molecule has 2 aliphatic rings. The van der Waals surface area contributed by atoms with Crippen LogP contribution >= 0.6 is 0 Å². The Morgan fingerprint density at radius 1 is 1.38 bits per heavy atom. The lowest BCUT2D eigenvalue weighted by Gasteiger charge is -2.37. The standard InChI is InChI=1S/C15H19N3O3/c1-17-8-3-5-15(14(17)21)6-9-18(10-15)12-11(13(19)20)4-2-7-16-12/h2,4,7H,3,5-6,8-10H2,1H3,(H,19,20). The van der Waals surface area contributed by atoms with Gasteiger partial charge in [0.25, 0.3) is 0 Å². The fourth-order valence-electron chi connectivity index (χ4n) is 3.52. The van der Waals surface area contributed by atoms with Gasteiger partial charge in [-0.25, -0.2) is 9.78 Å². The van der Waals surface area contributed by atoms with E-state index < -0.39 is 5.97 Å². The van der Waals surface area contributed by atoms with Crippen molar-refractivity contribution >= 4 is 17.7 Å². The lowest BCUT2D eigenvalue weighted by Crippen LogP contribution is -2.48. The molecule has 1 amide bonds. The third kappa shape index (κ3) is 2.24. The van der Waals surface area contributed by atoms with Crippen LogP contribution in [0.4, 0.5) is 5.82 Å². The predicted octanol–water partition coefficient (Wildman–Crippen LogP) is 1.23. The molecule has 0 aromatic carbocycles. The number of hydrogen-bond donors (Lipinski definition) is 1. The molecule has 112 valence electrons. The van der Waals surface area contributed by atoms with Gasteiger partial charge < -0.3 is 14.9 Å². The maximum atomic E-state index is 12.5. The SMILES string of the molecule is CN1CCCC2(CCN(c3ncccc3C(=O)O)C2)C1=O. The van der Waals surface area contributed by atoms with Crippen molar-refractivity contribution in [1.29, 1.82) is 0 Å². The summed E-state index contributed by atoms with van der Waals surface area (Å²) in [4.78, 5) is 31.8. The van der Waals surface area contributed by atoms with Crippen LogP contribution < -0.4 is 4.90 Å². The summed E-state index contributed by atoms with van der Waals surface area (Å²) in [5.41, 5.74) is -0.161. The average molecular weight is 289 g/mol. The minimum atomic E-state index is -0.980. The summed E-state index contributed by atoms with van der Waals surface area (Å²) in [6.45, 7) is 2.05. The second kappa shape index (κ2) is 5.02. The van der Waals surface area contributed by atoms with Gasteiger partial charge in [0.2, 0.25) is 5.91 Å². The van der Waals surface area contributed by atoms with E-state index in [0.717, 1.165) is 25.8 Å². The van der Waals surface area contributed by atoms with Crippen LogP contribution in [0.25, 0.3) is 0 Å². The number of aromatic nitrogens is 1. The molecule has 3 rings (SSSR count). The highest BCUT2D eigenvalue weighted by atomic mass is 16.4. The van der Waals surface area contributed by atoms with Crippen molar-refractivity contribution < 1.29 is 14.7 Å². The first-order chi connectivity index (χ1) is 10.0. The van der Waals surface area contributed by atoms with Gasteiger partial charge >= 0.3 is 5.97 Å². The average Bonchev–Trinajstić information content (AvgIpc) is 2.90. The number of anilines is 1. The van der Waals surface area contributed by atoms with Crippen molar-refractivity contribution in [2.45, 2.75) is 19.3 Å². The molecule has 2 saturated heterocycles. The van der Waals surface area contributed by atoms with E-state index in [4.69, 9.17) is 0 Å². The van der Waals surface area contributed by atoms with Crippen LogP contribution in [-0.4, -0.2) is 53.5 Å². The summed E-state index contributed by atoms with van der Waals surface area (Å²) in [6, 6.07) is 3.18. The second-order valence-corrected chi connectivity index (χ2v) is 5.96. The third-order valence-electron chi connectivity index (χ3n) is 4.62. The molecule has 1 spiro atoms. The summed E-state index contributed by atoms with van der Waals surface area (Å²) in [7, 11) is 1.84. The fourth-order valence-corrected chi connectivity index (χ4v) is 3.52. The van der Waals surface area contributed by atoms with E-state index in [1.165, 1.54) is 0 Å². The number of carboxylic acid groups (broad SMARTS) is 1. The van der Waals surface area contributed by atoms with Gasteiger partial charge in [-0.15, -0.1) is 0 Å². The molecule has 1 aromatic heterocycles. The number of pyridine rings is 1. The Hall–Kier alpha value is -2.11. The number of piperidine rings is 1. The molecule has 0 aliphatic carbocycles. The predicted molar refractivity (Wildman–Crippen MR) is 77.3 cm³/mol. The van der Waals surface area contributed by atoms with Gasteiger partial charge in [-0.05, 0) is 31.4 Å². The van der Waals surface area contributed by atoms with E-state index in [9.17, 15) is 14.7 Å². The highest BCUT2D eigenvalue weighted by Crippen LogP contribution is 2.41. The number of likely N-dealkylation sites (tertiary alicyclic amines) is 1. The number of amides is 1. The summed E-state index contributed by atoms with van der Waals surface area (Å²) >= 11 is 0. The number of rotatable bonds is 2. The van der Waals surface area contributed by atoms with Crippen LogP contribution in [0.2, 0.25) is 0 Å². The summed E-state index contributed by atoms with van der Waals surface area (Å²) in [6.07, 6.45) is 4.25. The summed E-state index contributed by atoms with van der Waals surface area (Å²) in [5, 5.41) is 9.28. The molecule has 1 unspecified atom stereocenters. The number of carbonyl (C=O) groups excluding carboxylic acids is 1. The van der Waals surface area contributed by atoms with Crippen molar-refractivity contribution in [3.8, 4) is 0 Å². The van der Waals surface area contributed by atoms with E-state index in [2.05, 4.69) is 4.98 Å². The first-order valence-corrected chi connectivity index (χ1v) is 7.22. The quantitative estimate of drug-likeness (QED) is 0.886. The van der Waals surface area contributed by atoms with Crippen LogP contribution in [0.15, 0.2) is 18.3 Å². The van der Waals surface area contributed by atoms with E-state index in [1.54, 1.807) is 23.2 Å². The maximum Gasteiger partial charge on any atom is 0.339 e. The lowest BCUT2D eigenvalue weighted by molar-refractivity contribution is -0.143. The molecule has 21 heavy (non-hydrogen) atoms. The third-order valence-corrected chi connectivity index (χ3v) is 4.62. The van der Waals surface area contributed by atoms with E-state index in [0.29, 0.717) is 18.9 Å². The number of carbonyl (C=O) groups is 2. The van der Waals surface area contributed by atoms with Crippen molar-refractivity contribution in [3.05, 3.63) is 23.9 Å². The zero-order valence-electron chi connectivity index (χ0n) is 12.1. The molecule has 1 aromatic rings. The van der Waals surface area contributed by atoms with Gasteiger partial charge in [0, 0.05) is 32.9 Å². The fraction of sp³-hybridized carbons (Fsp3) is 0.533. The van der Waals surface area contributed by atoms with Crippen LogP contribution in [-0.2, 0) is 4.79 Å². The number of carboxylic acids is 1. The molecule has 0 saturated carbocycles. The summed E-state index contributed by atoms with van der Waals surface area (Å²) < 4.78 is 0. The van der Waals surface area contributed by atoms with Crippen LogP contribution in [0.3, 0.4) is 0 Å². The molecule has 0 radical (unpaired) electrons. The van der Waals surface area contributed by atoms with Gasteiger partial charge in [-0.3, -0.25) is 4.79 Å². The van der Waals surface area contributed by atoms with Gasteiger partial charge in [0.05, 0.1) is 5.41 Å². The molecule has 1 atom stereocenters. The molecular formula is C15H19N3O3. The molecular weight excluding hydrogens is 270 g/mol. The Morgan fingerprint density at radius 3 is 2.95 bits per heavy atom. The molecule has 6 nitrogen and oxygen atoms in total. The van der Waals surface area contributed by atoms with Crippen LogP contribution in [0, 0.1) is 5.41 Å². The topological polar surface area (TPSA) is 73.7 Å². The van der Waals surface area contributed by atoms with E-state index in [1.807, 2.05) is 11.9 Å². The van der Waals surface area contributed by atoms with Gasteiger partial charge in [-0.2, -0.15) is 0 Å². The van der Waals surface area contributed by atoms with Crippen LogP contribution in [0.1, 0.15) is 29.6 Å². The Kier molecular flexibility index (Phi) is 3.31. The number of aromatic carboxylic acids is 1. The molecule has 1 N–H and O–H groups in total. The number of nitrogens with zero attached hydrogens (tertiary/aromatic N) is 3. The summed E-state index contributed by atoms with van der Waals surface area (Å²) in [5.74, 6) is -0.321. The van der Waals surface area contributed by atoms with Crippen molar-refractivity contribution in [1.82, 2.24) is 9.88 Å². The molecule has 3 heterocycles. The van der Waals surface area contributed by atoms with E-state index in [-0.39, 0.29) is 16.9 Å². The van der Waals surface area contributed by atoms with Crippen molar-refractivity contribution in [3.63, 3.8) is 0 Å². The van der Waals surface area contributed by atoms with Gasteiger partial charge in [0.15, 0.2) is 0 Å². The first-order valence-electron chi connectivity index (χ1n) is 7.22. The Bertz CT molecular complexity index is 589. The molecule has 2 aliphatic heterocycles. The lowest BCUT2D eigenvalue weighted by atomic mass is 9.78. The smallest absolute Gasteiger partial charge is 0.339 e. The normalized spacial score (nSPS) is 25.7. The zero-order chi connectivity index (χ0) is 15.0. The maximum absolute atomic E-state index is 12.5. The Balaban J connectivity index is 1.88. The molecule has 2 fully saturated rings. The van der Waals surface area contributed by atoms with Gasteiger partial charge in [0.1, 0.15) is 11.4 Å². The van der Waals surface area contributed by atoms with Crippen molar-refractivity contribution in [2.24, 2.45) is 5.41 Å². The largest absolute Gasteiger partial charge is 0.478 e. The first kappa shape index (κ1) is 13.9. The highest BCUT2D eigenvalue weighted by Gasteiger charge is 2.48.